The summed E-state index contributed by atoms with van der Waals surface area (Å²) in [5, 5.41) is 14.7. The van der Waals surface area contributed by atoms with Crippen LogP contribution in [-0.2, 0) is 14.4 Å². The van der Waals surface area contributed by atoms with Gasteiger partial charge in [-0.3, -0.25) is 14.4 Å². The molecular weight excluding hydrogens is 266 g/mol. The molecule has 8 nitrogen and oxygen atoms in total. The van der Waals surface area contributed by atoms with Crippen molar-refractivity contribution in [2.75, 3.05) is 14.2 Å². The number of amides is 3. The molecule has 2 atom stereocenters. The van der Waals surface area contributed by atoms with Crippen molar-refractivity contribution in [3.63, 3.8) is 0 Å². The van der Waals surface area contributed by atoms with Crippen LogP contribution in [0.1, 0.15) is 26.7 Å². The lowest BCUT2D eigenvalue weighted by Gasteiger charge is -2.23. The Morgan fingerprint density at radius 2 is 2.20 bits per heavy atom. The largest absolute Gasteiger partial charge is 0.465 e. The predicted octanol–water partition coefficient (Wildman–Crippen LogP) is -0.0528. The number of nitrogens with one attached hydrogen (secondary N) is 2. The Morgan fingerprint density at radius 3 is 2.60 bits per heavy atom. The lowest BCUT2D eigenvalue weighted by atomic mass is 9.91. The number of likely N-dealkylation sites (N-methyl/N-ethyl adjacent to an activating group) is 1. The zero-order valence-corrected chi connectivity index (χ0v) is 12.1. The van der Waals surface area contributed by atoms with Gasteiger partial charge in [0.15, 0.2) is 0 Å². The van der Waals surface area contributed by atoms with E-state index in [9.17, 15) is 14.4 Å². The molecule has 8 heteroatoms. The van der Waals surface area contributed by atoms with Gasteiger partial charge < -0.3 is 15.7 Å². The topological polar surface area (TPSA) is 108 Å². The summed E-state index contributed by atoms with van der Waals surface area (Å²) >= 11 is 0. The van der Waals surface area contributed by atoms with Gasteiger partial charge in [0, 0.05) is 18.5 Å². The zero-order chi connectivity index (χ0) is 15.5. The van der Waals surface area contributed by atoms with Gasteiger partial charge in [0.2, 0.25) is 5.91 Å². The molecule has 0 saturated carbocycles. The fraction of sp³-hybridized carbons (Fsp3) is 0.750. The summed E-state index contributed by atoms with van der Waals surface area (Å²) in [6.45, 7) is 3.77. The van der Waals surface area contributed by atoms with Crippen LogP contribution >= 0.6 is 0 Å². The summed E-state index contributed by atoms with van der Waals surface area (Å²) in [4.78, 5) is 39.4. The molecule has 114 valence electrons. The molecule has 3 N–H and O–H groups in total. The number of nitrogens with zero attached hydrogens (tertiary/aromatic N) is 1. The number of hydrogen-bond acceptors (Lipinski definition) is 4. The van der Waals surface area contributed by atoms with E-state index < -0.39 is 24.0 Å². The third-order valence-corrected chi connectivity index (χ3v) is 3.29. The van der Waals surface area contributed by atoms with Gasteiger partial charge in [-0.25, -0.2) is 9.86 Å². The normalized spacial score (nSPS) is 22.0. The molecule has 0 aromatic rings. The van der Waals surface area contributed by atoms with Gasteiger partial charge in [-0.05, 0) is 26.7 Å². The average molecular weight is 287 g/mol. The maximum Gasteiger partial charge on any atom is 0.405 e. The van der Waals surface area contributed by atoms with E-state index in [2.05, 4.69) is 10.6 Å². The van der Waals surface area contributed by atoms with E-state index in [0.717, 1.165) is 5.06 Å². The minimum Gasteiger partial charge on any atom is -0.465 e. The van der Waals surface area contributed by atoms with E-state index in [-0.39, 0.29) is 17.9 Å². The number of carbonyl (C=O) groups is 3. The van der Waals surface area contributed by atoms with Crippen molar-refractivity contribution >= 4 is 17.9 Å². The molecule has 1 rings (SSSR count). The van der Waals surface area contributed by atoms with Crippen LogP contribution in [0.5, 0.6) is 0 Å². The van der Waals surface area contributed by atoms with Crippen molar-refractivity contribution in [2.45, 2.75) is 38.3 Å². The van der Waals surface area contributed by atoms with Crippen molar-refractivity contribution in [2.24, 2.45) is 5.92 Å². The van der Waals surface area contributed by atoms with Crippen LogP contribution in [0.4, 0.5) is 4.79 Å². The van der Waals surface area contributed by atoms with E-state index in [1.54, 1.807) is 0 Å². The second-order valence-corrected chi connectivity index (χ2v) is 5.53. The van der Waals surface area contributed by atoms with Gasteiger partial charge in [0.05, 0.1) is 7.11 Å². The standard InChI is InChI=1S/C12H21N3O5/c1-12(2)6-7(9(16)14-12)5-8(13-11(18)19)10(17)15(3)20-4/h7-8,13H,5-6H2,1-4H3,(H,14,16)(H,18,19)/t7-,8+/m1/s1. The first-order valence-electron chi connectivity index (χ1n) is 6.29. The van der Waals surface area contributed by atoms with Crippen LogP contribution in [0.2, 0.25) is 0 Å². The molecule has 0 bridgehead atoms. The molecule has 0 spiro atoms. The van der Waals surface area contributed by atoms with Crippen LogP contribution in [0.25, 0.3) is 0 Å². The first-order chi connectivity index (χ1) is 9.16. The van der Waals surface area contributed by atoms with E-state index in [1.165, 1.54) is 14.2 Å². The number of hydroxylamine groups is 2. The van der Waals surface area contributed by atoms with E-state index in [0.29, 0.717) is 6.42 Å². The molecule has 20 heavy (non-hydrogen) atoms. The van der Waals surface area contributed by atoms with Gasteiger partial charge in [0.25, 0.3) is 5.91 Å². The van der Waals surface area contributed by atoms with Crippen LogP contribution in [0, 0.1) is 5.92 Å². The smallest absolute Gasteiger partial charge is 0.405 e. The van der Waals surface area contributed by atoms with Crippen molar-refractivity contribution in [3.8, 4) is 0 Å². The molecule has 0 unspecified atom stereocenters. The number of carbonyl (C=O) groups excluding carboxylic acids is 2. The van der Waals surface area contributed by atoms with Crippen molar-refractivity contribution in [3.05, 3.63) is 0 Å². The maximum atomic E-state index is 12.0. The highest BCUT2D eigenvalue weighted by molar-refractivity contribution is 5.87. The van der Waals surface area contributed by atoms with Crippen molar-refractivity contribution in [1.82, 2.24) is 15.7 Å². The summed E-state index contributed by atoms with van der Waals surface area (Å²) in [5.41, 5.74) is -0.342. The molecule has 1 fully saturated rings. The van der Waals surface area contributed by atoms with E-state index >= 15 is 0 Å². The summed E-state index contributed by atoms with van der Waals surface area (Å²) in [6.07, 6.45) is -0.660. The van der Waals surface area contributed by atoms with Gasteiger partial charge >= 0.3 is 6.09 Å². The van der Waals surface area contributed by atoms with Gasteiger partial charge in [-0.15, -0.1) is 0 Å². The molecule has 0 radical (unpaired) electrons. The Balaban J connectivity index is 2.78. The Labute approximate surface area is 117 Å². The van der Waals surface area contributed by atoms with Gasteiger partial charge in [-0.1, -0.05) is 0 Å². The fourth-order valence-corrected chi connectivity index (χ4v) is 2.35. The quantitative estimate of drug-likeness (QED) is 0.614. The average Bonchev–Trinajstić information content (AvgIpc) is 2.58. The molecular formula is C12H21N3O5. The highest BCUT2D eigenvalue weighted by Crippen LogP contribution is 2.28. The highest BCUT2D eigenvalue weighted by atomic mass is 16.7. The third kappa shape index (κ3) is 4.09. The molecule has 3 amide bonds. The monoisotopic (exact) mass is 287 g/mol. The molecule has 0 aromatic heterocycles. The minimum absolute atomic E-state index is 0.105. The Morgan fingerprint density at radius 1 is 1.60 bits per heavy atom. The zero-order valence-electron chi connectivity index (χ0n) is 12.1. The van der Waals surface area contributed by atoms with Crippen molar-refractivity contribution < 1.29 is 24.3 Å². The third-order valence-electron chi connectivity index (χ3n) is 3.29. The Kier molecular flexibility index (Phi) is 4.93. The van der Waals surface area contributed by atoms with Gasteiger partial charge in [-0.2, -0.15) is 0 Å². The lowest BCUT2D eigenvalue weighted by Crippen LogP contribution is -2.48. The molecule has 1 aliphatic heterocycles. The molecule has 0 aromatic carbocycles. The van der Waals surface area contributed by atoms with Crippen LogP contribution in [-0.4, -0.2) is 53.8 Å². The Hall–Kier alpha value is -1.83. The van der Waals surface area contributed by atoms with Crippen LogP contribution in [0.3, 0.4) is 0 Å². The number of carboxylic acid groups (broad SMARTS) is 1. The van der Waals surface area contributed by atoms with E-state index in [4.69, 9.17) is 9.94 Å². The summed E-state index contributed by atoms with van der Waals surface area (Å²) in [7, 11) is 2.69. The highest BCUT2D eigenvalue weighted by Gasteiger charge is 2.40. The predicted molar refractivity (Wildman–Crippen MR) is 69.7 cm³/mol. The Bertz CT molecular complexity index is 410. The second kappa shape index (κ2) is 6.08. The summed E-state index contributed by atoms with van der Waals surface area (Å²) < 4.78 is 0. The van der Waals surface area contributed by atoms with Crippen LogP contribution in [0.15, 0.2) is 0 Å². The lowest BCUT2D eigenvalue weighted by molar-refractivity contribution is -0.171. The van der Waals surface area contributed by atoms with Gasteiger partial charge in [0.1, 0.15) is 6.04 Å². The summed E-state index contributed by atoms with van der Waals surface area (Å²) in [6, 6.07) is -1.01. The molecule has 0 aliphatic carbocycles. The number of hydrogen-bond donors (Lipinski definition) is 3. The molecule has 1 saturated heterocycles. The molecule has 1 aliphatic rings. The summed E-state index contributed by atoms with van der Waals surface area (Å²) in [5.74, 6) is -1.11. The number of rotatable bonds is 5. The first kappa shape index (κ1) is 16.2. The first-order valence-corrected chi connectivity index (χ1v) is 6.29. The minimum atomic E-state index is -1.31. The fourth-order valence-electron chi connectivity index (χ4n) is 2.35. The second-order valence-electron chi connectivity index (χ2n) is 5.53. The SMILES string of the molecule is CON(C)C(=O)[C@H](C[C@@H]1CC(C)(C)NC1=O)NC(=O)O. The van der Waals surface area contributed by atoms with E-state index in [1.807, 2.05) is 13.8 Å². The maximum absolute atomic E-state index is 12.0. The van der Waals surface area contributed by atoms with Crippen LogP contribution < -0.4 is 10.6 Å². The van der Waals surface area contributed by atoms with Crippen molar-refractivity contribution in [1.29, 1.82) is 0 Å². The molecule has 1 heterocycles.